The van der Waals surface area contributed by atoms with E-state index in [0.29, 0.717) is 18.9 Å². The first-order valence-electron chi connectivity index (χ1n) is 7.08. The first kappa shape index (κ1) is 15.0. The number of ether oxygens (including phenoxy) is 1. The van der Waals surface area contributed by atoms with Crippen LogP contribution in [0.2, 0.25) is 0 Å². The molecule has 0 aliphatic carbocycles. The lowest BCUT2D eigenvalue weighted by Crippen LogP contribution is -2.40. The van der Waals surface area contributed by atoms with E-state index in [-0.39, 0.29) is 12.6 Å². The van der Waals surface area contributed by atoms with E-state index < -0.39 is 11.9 Å². The molecular formula is C16H19N3O2. The van der Waals surface area contributed by atoms with Gasteiger partial charge in [0.1, 0.15) is 5.84 Å². The van der Waals surface area contributed by atoms with Crippen molar-refractivity contribution in [2.75, 3.05) is 13.2 Å². The molecule has 1 aliphatic rings. The Hall–Kier alpha value is -2.35. The van der Waals surface area contributed by atoms with Crippen LogP contribution in [0.15, 0.2) is 35.3 Å². The molecule has 0 bridgehead atoms. The standard InChI is InChI=1S/C16H19N3O2/c1-3-21-16(20)14(9-17)15-18-10-12(2)19(15)11-13-7-5-4-6-8-13/h4-8,12,14H,3,10-11H2,1-2H3. The van der Waals surface area contributed by atoms with Gasteiger partial charge in [0.2, 0.25) is 5.92 Å². The molecule has 0 spiro atoms. The summed E-state index contributed by atoms with van der Waals surface area (Å²) in [6.45, 7) is 5.27. The van der Waals surface area contributed by atoms with Gasteiger partial charge in [-0.05, 0) is 19.4 Å². The summed E-state index contributed by atoms with van der Waals surface area (Å²) in [6.07, 6.45) is 0. The fourth-order valence-electron chi connectivity index (χ4n) is 2.36. The zero-order chi connectivity index (χ0) is 15.2. The summed E-state index contributed by atoms with van der Waals surface area (Å²) in [6, 6.07) is 12.1. The third-order valence-corrected chi connectivity index (χ3v) is 3.45. The highest BCUT2D eigenvalue weighted by molar-refractivity contribution is 6.04. The number of benzene rings is 1. The maximum Gasteiger partial charge on any atom is 0.331 e. The zero-order valence-corrected chi connectivity index (χ0v) is 12.3. The van der Waals surface area contributed by atoms with Crippen LogP contribution in [0.3, 0.4) is 0 Å². The molecule has 1 aromatic carbocycles. The van der Waals surface area contributed by atoms with Crippen molar-refractivity contribution >= 4 is 11.8 Å². The van der Waals surface area contributed by atoms with Crippen molar-refractivity contribution in [3.63, 3.8) is 0 Å². The van der Waals surface area contributed by atoms with Gasteiger partial charge in [-0.1, -0.05) is 30.3 Å². The van der Waals surface area contributed by atoms with Crippen molar-refractivity contribution in [3.8, 4) is 6.07 Å². The minimum atomic E-state index is -0.946. The molecule has 0 aromatic heterocycles. The van der Waals surface area contributed by atoms with Crippen LogP contribution in [0.4, 0.5) is 0 Å². The summed E-state index contributed by atoms with van der Waals surface area (Å²) in [5.41, 5.74) is 1.12. The Kier molecular flexibility index (Phi) is 4.94. The normalized spacial score (nSPS) is 18.8. The molecule has 2 atom stereocenters. The fourth-order valence-corrected chi connectivity index (χ4v) is 2.36. The maximum absolute atomic E-state index is 11.9. The van der Waals surface area contributed by atoms with E-state index in [0.717, 1.165) is 5.56 Å². The van der Waals surface area contributed by atoms with Crippen molar-refractivity contribution in [2.24, 2.45) is 10.9 Å². The molecule has 0 saturated heterocycles. The first-order valence-corrected chi connectivity index (χ1v) is 7.08. The van der Waals surface area contributed by atoms with Gasteiger partial charge in [-0.25, -0.2) is 0 Å². The number of carbonyl (C=O) groups is 1. The number of nitriles is 1. The van der Waals surface area contributed by atoms with Crippen LogP contribution in [0, 0.1) is 17.2 Å². The summed E-state index contributed by atoms with van der Waals surface area (Å²) in [7, 11) is 0. The molecule has 0 saturated carbocycles. The molecule has 2 unspecified atom stereocenters. The number of esters is 1. The Bertz CT molecular complexity index is 563. The smallest absolute Gasteiger partial charge is 0.331 e. The molecule has 2 rings (SSSR count). The average Bonchev–Trinajstić information content (AvgIpc) is 2.83. The molecular weight excluding hydrogens is 266 g/mol. The third-order valence-electron chi connectivity index (χ3n) is 3.45. The molecule has 1 aliphatic heterocycles. The minimum Gasteiger partial charge on any atom is -0.465 e. The van der Waals surface area contributed by atoms with E-state index in [4.69, 9.17) is 4.74 Å². The second kappa shape index (κ2) is 6.89. The van der Waals surface area contributed by atoms with Crippen molar-refractivity contribution in [2.45, 2.75) is 26.4 Å². The number of carbonyl (C=O) groups excluding carboxylic acids is 1. The highest BCUT2D eigenvalue weighted by Crippen LogP contribution is 2.20. The lowest BCUT2D eigenvalue weighted by atomic mass is 10.1. The van der Waals surface area contributed by atoms with Crippen molar-refractivity contribution in [1.29, 1.82) is 5.26 Å². The number of nitrogens with zero attached hydrogens (tertiary/aromatic N) is 3. The third kappa shape index (κ3) is 3.40. The van der Waals surface area contributed by atoms with Crippen LogP contribution in [0.1, 0.15) is 19.4 Å². The Labute approximate surface area is 124 Å². The lowest BCUT2D eigenvalue weighted by molar-refractivity contribution is -0.144. The Morgan fingerprint density at radius 1 is 1.52 bits per heavy atom. The van der Waals surface area contributed by atoms with Gasteiger partial charge in [0.25, 0.3) is 0 Å². The summed E-state index contributed by atoms with van der Waals surface area (Å²) < 4.78 is 4.97. The molecule has 1 heterocycles. The van der Waals surface area contributed by atoms with Crippen molar-refractivity contribution in [1.82, 2.24) is 4.90 Å². The molecule has 0 amide bonds. The van der Waals surface area contributed by atoms with Gasteiger partial charge < -0.3 is 9.64 Å². The summed E-state index contributed by atoms with van der Waals surface area (Å²) in [5.74, 6) is -0.947. The van der Waals surface area contributed by atoms with Crippen LogP contribution in [0.25, 0.3) is 0 Å². The van der Waals surface area contributed by atoms with Crippen LogP contribution in [0.5, 0.6) is 0 Å². The van der Waals surface area contributed by atoms with Gasteiger partial charge in [-0.3, -0.25) is 9.79 Å². The molecule has 0 N–H and O–H groups in total. The highest BCUT2D eigenvalue weighted by atomic mass is 16.5. The summed E-state index contributed by atoms with van der Waals surface area (Å²) in [4.78, 5) is 18.3. The average molecular weight is 285 g/mol. The molecule has 1 aromatic rings. The summed E-state index contributed by atoms with van der Waals surface area (Å²) >= 11 is 0. The molecule has 110 valence electrons. The quantitative estimate of drug-likeness (QED) is 0.776. The van der Waals surface area contributed by atoms with Crippen molar-refractivity contribution < 1.29 is 9.53 Å². The van der Waals surface area contributed by atoms with E-state index in [1.54, 1.807) is 6.92 Å². The molecule has 0 radical (unpaired) electrons. The maximum atomic E-state index is 11.9. The van der Waals surface area contributed by atoms with E-state index in [9.17, 15) is 10.1 Å². The van der Waals surface area contributed by atoms with E-state index in [1.165, 1.54) is 0 Å². The number of amidine groups is 1. The SMILES string of the molecule is CCOC(=O)C(C#N)C1=NCC(C)N1Cc1ccccc1. The molecule has 21 heavy (non-hydrogen) atoms. The number of rotatable bonds is 5. The van der Waals surface area contributed by atoms with Gasteiger partial charge in [0.05, 0.1) is 19.2 Å². The second-order valence-electron chi connectivity index (χ2n) is 4.98. The number of hydrogen-bond donors (Lipinski definition) is 0. The predicted octanol–water partition coefficient (Wildman–Crippen LogP) is 1.99. The minimum absolute atomic E-state index is 0.172. The van der Waals surface area contributed by atoms with Gasteiger partial charge in [-0.2, -0.15) is 5.26 Å². The van der Waals surface area contributed by atoms with Gasteiger partial charge in [-0.15, -0.1) is 0 Å². The lowest BCUT2D eigenvalue weighted by Gasteiger charge is -2.27. The Balaban J connectivity index is 2.18. The van der Waals surface area contributed by atoms with Crippen LogP contribution < -0.4 is 0 Å². The van der Waals surface area contributed by atoms with Crippen LogP contribution >= 0.6 is 0 Å². The number of hydrogen-bond acceptors (Lipinski definition) is 5. The Morgan fingerprint density at radius 2 is 2.24 bits per heavy atom. The predicted molar refractivity (Wildman–Crippen MR) is 79.5 cm³/mol. The monoisotopic (exact) mass is 285 g/mol. The zero-order valence-electron chi connectivity index (χ0n) is 12.3. The van der Waals surface area contributed by atoms with Gasteiger partial charge in [0, 0.05) is 12.6 Å². The Morgan fingerprint density at radius 3 is 2.86 bits per heavy atom. The second-order valence-corrected chi connectivity index (χ2v) is 4.98. The van der Waals surface area contributed by atoms with Gasteiger partial charge in [0.15, 0.2) is 0 Å². The van der Waals surface area contributed by atoms with Crippen molar-refractivity contribution in [3.05, 3.63) is 35.9 Å². The highest BCUT2D eigenvalue weighted by Gasteiger charge is 2.35. The molecule has 0 fully saturated rings. The molecule has 5 nitrogen and oxygen atoms in total. The van der Waals surface area contributed by atoms with Crippen LogP contribution in [-0.4, -0.2) is 35.9 Å². The number of aliphatic imine (C=N–C) groups is 1. The first-order chi connectivity index (χ1) is 10.2. The fraction of sp³-hybridized carbons (Fsp3) is 0.438. The largest absolute Gasteiger partial charge is 0.465 e. The van der Waals surface area contributed by atoms with E-state index >= 15 is 0 Å². The van der Waals surface area contributed by atoms with E-state index in [1.807, 2.05) is 48.2 Å². The summed E-state index contributed by atoms with van der Waals surface area (Å²) in [5, 5.41) is 9.30. The van der Waals surface area contributed by atoms with E-state index in [2.05, 4.69) is 4.99 Å². The van der Waals surface area contributed by atoms with Crippen LogP contribution in [-0.2, 0) is 16.1 Å². The van der Waals surface area contributed by atoms with Gasteiger partial charge >= 0.3 is 5.97 Å². The topological polar surface area (TPSA) is 65.7 Å². The molecule has 5 heteroatoms.